The molecule has 0 heterocycles. The molecule has 1 aromatic carbocycles. The molecule has 1 rings (SSSR count). The SMILES string of the molecule is C=C(CN)COc1cccc(OCC)c1. The fourth-order valence-electron chi connectivity index (χ4n) is 1.06. The summed E-state index contributed by atoms with van der Waals surface area (Å²) >= 11 is 0. The average molecular weight is 207 g/mol. The summed E-state index contributed by atoms with van der Waals surface area (Å²) in [5.74, 6) is 1.59. The van der Waals surface area contributed by atoms with Crippen LogP contribution in [-0.2, 0) is 0 Å². The minimum atomic E-state index is 0.450. The predicted molar refractivity (Wildman–Crippen MR) is 61.3 cm³/mol. The number of nitrogens with two attached hydrogens (primary N) is 1. The number of benzene rings is 1. The average Bonchev–Trinajstić information content (AvgIpc) is 2.27. The van der Waals surface area contributed by atoms with Crippen molar-refractivity contribution in [1.82, 2.24) is 0 Å². The van der Waals surface area contributed by atoms with Crippen molar-refractivity contribution in [2.45, 2.75) is 6.92 Å². The molecule has 0 bridgehead atoms. The molecule has 0 fully saturated rings. The predicted octanol–water partition coefficient (Wildman–Crippen LogP) is 1.98. The Balaban J connectivity index is 2.53. The van der Waals surface area contributed by atoms with Gasteiger partial charge in [-0.3, -0.25) is 0 Å². The molecule has 0 aromatic heterocycles. The van der Waals surface area contributed by atoms with Crippen LogP contribution in [0, 0.1) is 0 Å². The summed E-state index contributed by atoms with van der Waals surface area (Å²) < 4.78 is 10.8. The highest BCUT2D eigenvalue weighted by Crippen LogP contribution is 2.19. The van der Waals surface area contributed by atoms with Crippen LogP contribution in [0.4, 0.5) is 0 Å². The molecular formula is C12H17NO2. The number of rotatable bonds is 6. The Morgan fingerprint density at radius 3 is 2.60 bits per heavy atom. The van der Waals surface area contributed by atoms with Crippen molar-refractivity contribution < 1.29 is 9.47 Å². The highest BCUT2D eigenvalue weighted by Gasteiger charge is 1.98. The summed E-state index contributed by atoms with van der Waals surface area (Å²) in [6, 6.07) is 7.53. The zero-order valence-corrected chi connectivity index (χ0v) is 9.03. The Kier molecular flexibility index (Phi) is 4.71. The first kappa shape index (κ1) is 11.6. The summed E-state index contributed by atoms with van der Waals surface area (Å²) in [6.07, 6.45) is 0. The summed E-state index contributed by atoms with van der Waals surface area (Å²) in [7, 11) is 0. The largest absolute Gasteiger partial charge is 0.494 e. The molecule has 0 aliphatic rings. The highest BCUT2D eigenvalue weighted by molar-refractivity contribution is 5.33. The van der Waals surface area contributed by atoms with E-state index >= 15 is 0 Å². The van der Waals surface area contributed by atoms with Gasteiger partial charge in [-0.05, 0) is 24.6 Å². The Bertz CT molecular complexity index is 323. The van der Waals surface area contributed by atoms with Gasteiger partial charge in [-0.25, -0.2) is 0 Å². The Morgan fingerprint density at radius 2 is 2.00 bits per heavy atom. The van der Waals surface area contributed by atoms with Crippen molar-refractivity contribution in [3.8, 4) is 11.5 Å². The molecule has 82 valence electrons. The van der Waals surface area contributed by atoms with E-state index in [0.717, 1.165) is 17.1 Å². The standard InChI is InChI=1S/C12H17NO2/c1-3-14-11-5-4-6-12(7-11)15-9-10(2)8-13/h4-7H,2-3,8-9,13H2,1H3. The molecule has 1 aromatic rings. The monoisotopic (exact) mass is 207 g/mol. The van der Waals surface area contributed by atoms with Gasteiger partial charge in [0.2, 0.25) is 0 Å². The van der Waals surface area contributed by atoms with E-state index in [2.05, 4.69) is 6.58 Å². The quantitative estimate of drug-likeness (QED) is 0.725. The molecule has 0 amide bonds. The first-order valence-electron chi connectivity index (χ1n) is 4.98. The van der Waals surface area contributed by atoms with Crippen LogP contribution in [0.3, 0.4) is 0 Å². The van der Waals surface area contributed by atoms with E-state index in [9.17, 15) is 0 Å². The number of hydrogen-bond acceptors (Lipinski definition) is 3. The maximum absolute atomic E-state index is 5.49. The maximum atomic E-state index is 5.49. The van der Waals surface area contributed by atoms with Crippen molar-refractivity contribution in [1.29, 1.82) is 0 Å². The number of ether oxygens (including phenoxy) is 2. The van der Waals surface area contributed by atoms with Crippen LogP contribution in [0.2, 0.25) is 0 Å². The maximum Gasteiger partial charge on any atom is 0.123 e. The lowest BCUT2D eigenvalue weighted by Gasteiger charge is -2.08. The van der Waals surface area contributed by atoms with Gasteiger partial charge in [0.05, 0.1) is 6.61 Å². The third kappa shape index (κ3) is 4.04. The van der Waals surface area contributed by atoms with Gasteiger partial charge in [0.15, 0.2) is 0 Å². The van der Waals surface area contributed by atoms with Gasteiger partial charge in [0, 0.05) is 12.6 Å². The second-order valence-corrected chi connectivity index (χ2v) is 3.15. The van der Waals surface area contributed by atoms with Gasteiger partial charge < -0.3 is 15.2 Å². The van der Waals surface area contributed by atoms with Crippen molar-refractivity contribution in [2.24, 2.45) is 5.73 Å². The number of hydrogen-bond donors (Lipinski definition) is 1. The molecule has 3 heteroatoms. The fraction of sp³-hybridized carbons (Fsp3) is 0.333. The van der Waals surface area contributed by atoms with Gasteiger partial charge >= 0.3 is 0 Å². The molecule has 0 radical (unpaired) electrons. The lowest BCUT2D eigenvalue weighted by Crippen LogP contribution is -2.09. The van der Waals surface area contributed by atoms with Gasteiger partial charge in [-0.15, -0.1) is 0 Å². The van der Waals surface area contributed by atoms with Crippen LogP contribution in [-0.4, -0.2) is 19.8 Å². The van der Waals surface area contributed by atoms with Crippen LogP contribution in [0.5, 0.6) is 11.5 Å². The van der Waals surface area contributed by atoms with E-state index in [1.54, 1.807) is 0 Å². The zero-order chi connectivity index (χ0) is 11.1. The van der Waals surface area contributed by atoms with E-state index in [0.29, 0.717) is 19.8 Å². The normalized spacial score (nSPS) is 9.73. The van der Waals surface area contributed by atoms with Crippen LogP contribution >= 0.6 is 0 Å². The third-order valence-electron chi connectivity index (χ3n) is 1.85. The van der Waals surface area contributed by atoms with E-state index in [4.69, 9.17) is 15.2 Å². The third-order valence-corrected chi connectivity index (χ3v) is 1.85. The van der Waals surface area contributed by atoms with E-state index in [1.807, 2.05) is 31.2 Å². The van der Waals surface area contributed by atoms with Gasteiger partial charge in [-0.2, -0.15) is 0 Å². The summed E-state index contributed by atoms with van der Waals surface area (Å²) in [6.45, 7) is 7.27. The lowest BCUT2D eigenvalue weighted by molar-refractivity contribution is 0.327. The summed E-state index contributed by atoms with van der Waals surface area (Å²) in [5.41, 5.74) is 6.28. The lowest BCUT2D eigenvalue weighted by atomic mass is 10.3. The molecule has 0 unspecified atom stereocenters. The highest BCUT2D eigenvalue weighted by atomic mass is 16.5. The van der Waals surface area contributed by atoms with Crippen LogP contribution in [0.1, 0.15) is 6.92 Å². The molecule has 0 spiro atoms. The molecule has 0 saturated heterocycles. The molecule has 3 nitrogen and oxygen atoms in total. The van der Waals surface area contributed by atoms with E-state index < -0.39 is 0 Å². The minimum Gasteiger partial charge on any atom is -0.494 e. The molecule has 0 aliphatic heterocycles. The molecule has 0 saturated carbocycles. The molecule has 2 N–H and O–H groups in total. The molecule has 0 atom stereocenters. The fourth-order valence-corrected chi connectivity index (χ4v) is 1.06. The second kappa shape index (κ2) is 6.09. The van der Waals surface area contributed by atoms with Crippen molar-refractivity contribution in [3.05, 3.63) is 36.4 Å². The van der Waals surface area contributed by atoms with E-state index in [1.165, 1.54) is 0 Å². The first-order chi connectivity index (χ1) is 7.26. The van der Waals surface area contributed by atoms with Gasteiger partial charge in [0.25, 0.3) is 0 Å². The van der Waals surface area contributed by atoms with Crippen LogP contribution < -0.4 is 15.2 Å². The second-order valence-electron chi connectivity index (χ2n) is 3.15. The Morgan fingerprint density at radius 1 is 1.33 bits per heavy atom. The van der Waals surface area contributed by atoms with Crippen LogP contribution in [0.25, 0.3) is 0 Å². The van der Waals surface area contributed by atoms with Crippen molar-refractivity contribution in [3.63, 3.8) is 0 Å². The molecule has 15 heavy (non-hydrogen) atoms. The van der Waals surface area contributed by atoms with E-state index in [-0.39, 0.29) is 0 Å². The smallest absolute Gasteiger partial charge is 0.123 e. The Labute approximate surface area is 90.5 Å². The molecule has 0 aliphatic carbocycles. The Hall–Kier alpha value is -1.48. The summed E-state index contributed by atoms with van der Waals surface area (Å²) in [4.78, 5) is 0. The topological polar surface area (TPSA) is 44.5 Å². The van der Waals surface area contributed by atoms with Gasteiger partial charge in [0.1, 0.15) is 18.1 Å². The van der Waals surface area contributed by atoms with Crippen LogP contribution in [0.15, 0.2) is 36.4 Å². The van der Waals surface area contributed by atoms with Crippen molar-refractivity contribution in [2.75, 3.05) is 19.8 Å². The minimum absolute atomic E-state index is 0.450. The van der Waals surface area contributed by atoms with Crippen molar-refractivity contribution >= 4 is 0 Å². The summed E-state index contributed by atoms with van der Waals surface area (Å²) in [5, 5.41) is 0. The molecular weight excluding hydrogens is 190 g/mol. The van der Waals surface area contributed by atoms with Gasteiger partial charge in [-0.1, -0.05) is 12.6 Å². The first-order valence-corrected chi connectivity index (χ1v) is 4.98. The zero-order valence-electron chi connectivity index (χ0n) is 9.03.